The maximum absolute atomic E-state index is 12.5. The van der Waals surface area contributed by atoms with Gasteiger partial charge in [0, 0.05) is 12.5 Å². The molecule has 1 aliphatic rings. The van der Waals surface area contributed by atoms with Crippen LogP contribution in [0.15, 0.2) is 24.3 Å². The number of hydrogen-bond acceptors (Lipinski definition) is 4. The van der Waals surface area contributed by atoms with E-state index in [0.717, 1.165) is 30.4 Å². The third kappa shape index (κ3) is 6.33. The van der Waals surface area contributed by atoms with Crippen molar-refractivity contribution in [1.29, 1.82) is 0 Å². The van der Waals surface area contributed by atoms with Crippen LogP contribution < -0.4 is 11.1 Å². The fraction of sp³-hybridized carbons (Fsp3) is 0.579. The average molecular weight is 369 g/mol. The number of ether oxygens (including phenoxy) is 1. The van der Waals surface area contributed by atoms with Crippen molar-refractivity contribution in [3.63, 3.8) is 0 Å². The van der Waals surface area contributed by atoms with Gasteiger partial charge in [0.15, 0.2) is 0 Å². The van der Waals surface area contributed by atoms with Crippen LogP contribution in [-0.4, -0.2) is 24.5 Å². The van der Waals surface area contributed by atoms with Crippen LogP contribution in [0.25, 0.3) is 0 Å². The molecule has 0 heterocycles. The molecule has 1 saturated carbocycles. The first-order valence-electron chi connectivity index (χ1n) is 8.77. The van der Waals surface area contributed by atoms with Gasteiger partial charge in [0.25, 0.3) is 0 Å². The predicted octanol–water partition coefficient (Wildman–Crippen LogP) is 3.04. The van der Waals surface area contributed by atoms with Crippen molar-refractivity contribution in [3.05, 3.63) is 35.4 Å². The minimum Gasteiger partial charge on any atom is -0.466 e. The number of carbonyl (C=O) groups is 2. The van der Waals surface area contributed by atoms with Gasteiger partial charge in [-0.1, -0.05) is 30.7 Å². The van der Waals surface area contributed by atoms with E-state index in [4.69, 9.17) is 10.5 Å². The van der Waals surface area contributed by atoms with Gasteiger partial charge in [-0.3, -0.25) is 9.59 Å². The molecule has 3 N–H and O–H groups in total. The van der Waals surface area contributed by atoms with Crippen molar-refractivity contribution >= 4 is 24.3 Å². The quantitative estimate of drug-likeness (QED) is 0.725. The van der Waals surface area contributed by atoms with Crippen molar-refractivity contribution in [2.45, 2.75) is 58.0 Å². The molecule has 0 bridgehead atoms. The largest absolute Gasteiger partial charge is 0.466 e. The maximum atomic E-state index is 12.5. The third-order valence-electron chi connectivity index (χ3n) is 4.74. The van der Waals surface area contributed by atoms with Gasteiger partial charge in [-0.15, -0.1) is 12.4 Å². The van der Waals surface area contributed by atoms with E-state index >= 15 is 0 Å². The van der Waals surface area contributed by atoms with Crippen molar-refractivity contribution in [2.75, 3.05) is 6.61 Å². The monoisotopic (exact) mass is 368 g/mol. The molecular formula is C19H29ClN2O3. The number of halogens is 1. The molecule has 25 heavy (non-hydrogen) atoms. The third-order valence-corrected chi connectivity index (χ3v) is 4.74. The highest BCUT2D eigenvalue weighted by atomic mass is 35.5. The normalized spacial score (nSPS) is 20.4. The zero-order chi connectivity index (χ0) is 17.5. The summed E-state index contributed by atoms with van der Waals surface area (Å²) in [7, 11) is 0. The van der Waals surface area contributed by atoms with Crippen LogP contribution in [0.5, 0.6) is 0 Å². The summed E-state index contributed by atoms with van der Waals surface area (Å²) in [6.45, 7) is 4.09. The predicted molar refractivity (Wildman–Crippen MR) is 100 cm³/mol. The lowest BCUT2D eigenvalue weighted by Crippen LogP contribution is -2.35. The maximum Gasteiger partial charge on any atom is 0.308 e. The van der Waals surface area contributed by atoms with E-state index in [1.54, 1.807) is 6.92 Å². The first-order chi connectivity index (χ1) is 11.5. The molecule has 1 unspecified atom stereocenters. The Hall–Kier alpha value is -1.59. The molecule has 0 saturated heterocycles. The summed E-state index contributed by atoms with van der Waals surface area (Å²) in [6.07, 6.45) is 3.64. The minimum absolute atomic E-state index is 0. The Bertz CT molecular complexity index is 580. The molecule has 6 heteroatoms. The molecule has 1 aromatic carbocycles. The zero-order valence-electron chi connectivity index (χ0n) is 15.0. The topological polar surface area (TPSA) is 81.4 Å². The number of hydrogen-bond donors (Lipinski definition) is 2. The van der Waals surface area contributed by atoms with Crippen molar-refractivity contribution in [1.82, 2.24) is 5.32 Å². The first kappa shape index (κ1) is 21.5. The van der Waals surface area contributed by atoms with Gasteiger partial charge in [-0.05, 0) is 43.7 Å². The van der Waals surface area contributed by atoms with Crippen LogP contribution in [0, 0.1) is 12.8 Å². The second kappa shape index (κ2) is 10.4. The number of amides is 1. The molecule has 1 fully saturated rings. The van der Waals surface area contributed by atoms with Gasteiger partial charge >= 0.3 is 5.97 Å². The average Bonchev–Trinajstić information content (AvgIpc) is 2.92. The fourth-order valence-electron chi connectivity index (χ4n) is 3.41. The SMILES string of the molecule is CCOC(=O)CC(NC(=O)C[C@@H]1CCC[C@H]1N)c1ccccc1C.Cl. The summed E-state index contributed by atoms with van der Waals surface area (Å²) in [6, 6.07) is 7.53. The van der Waals surface area contributed by atoms with Gasteiger partial charge in [-0.2, -0.15) is 0 Å². The Morgan fingerprint density at radius 3 is 2.64 bits per heavy atom. The van der Waals surface area contributed by atoms with Crippen LogP contribution in [0.1, 0.15) is 56.2 Å². The van der Waals surface area contributed by atoms with Gasteiger partial charge in [-0.25, -0.2) is 0 Å². The molecule has 3 atom stereocenters. The second-order valence-corrected chi connectivity index (χ2v) is 6.54. The highest BCUT2D eigenvalue weighted by Crippen LogP contribution is 2.28. The molecule has 1 amide bonds. The van der Waals surface area contributed by atoms with Gasteiger partial charge < -0.3 is 15.8 Å². The number of esters is 1. The van der Waals surface area contributed by atoms with Crippen molar-refractivity contribution in [3.8, 4) is 0 Å². The summed E-state index contributed by atoms with van der Waals surface area (Å²) >= 11 is 0. The summed E-state index contributed by atoms with van der Waals surface area (Å²) in [5.74, 6) is -0.108. The molecule has 5 nitrogen and oxygen atoms in total. The Morgan fingerprint density at radius 2 is 2.04 bits per heavy atom. The number of nitrogens with two attached hydrogens (primary N) is 1. The Balaban J connectivity index is 0.00000312. The molecule has 0 aliphatic heterocycles. The van der Waals surface area contributed by atoms with Crippen LogP contribution in [0.3, 0.4) is 0 Å². The van der Waals surface area contributed by atoms with E-state index in [0.29, 0.717) is 13.0 Å². The molecule has 140 valence electrons. The van der Waals surface area contributed by atoms with Crippen LogP contribution in [-0.2, 0) is 14.3 Å². The van der Waals surface area contributed by atoms with E-state index in [-0.39, 0.29) is 48.7 Å². The highest BCUT2D eigenvalue weighted by Gasteiger charge is 2.28. The molecule has 0 radical (unpaired) electrons. The Labute approximate surface area is 156 Å². The standard InChI is InChI=1S/C19H28N2O3.ClH/c1-3-24-19(23)12-17(15-9-5-4-7-13(15)2)21-18(22)11-14-8-6-10-16(14)20;/h4-5,7,9,14,16-17H,3,6,8,10-12,20H2,1-2H3,(H,21,22);1H/t14-,16+,17?;/m0./s1. The molecule has 0 spiro atoms. The van der Waals surface area contributed by atoms with Gasteiger partial charge in [0.2, 0.25) is 5.91 Å². The Kier molecular flexibility index (Phi) is 8.93. The molecule has 1 aromatic rings. The molecular weight excluding hydrogens is 340 g/mol. The lowest BCUT2D eigenvalue weighted by atomic mass is 9.96. The molecule has 0 aromatic heterocycles. The fourth-order valence-corrected chi connectivity index (χ4v) is 3.41. The van der Waals surface area contributed by atoms with Crippen LogP contribution in [0.4, 0.5) is 0 Å². The lowest BCUT2D eigenvalue weighted by Gasteiger charge is -2.22. The van der Waals surface area contributed by atoms with Crippen molar-refractivity contribution < 1.29 is 14.3 Å². The Morgan fingerprint density at radius 1 is 1.32 bits per heavy atom. The number of nitrogens with one attached hydrogen (secondary N) is 1. The zero-order valence-corrected chi connectivity index (χ0v) is 15.8. The lowest BCUT2D eigenvalue weighted by molar-refractivity contribution is -0.143. The number of rotatable bonds is 7. The van der Waals surface area contributed by atoms with Gasteiger partial charge in [0.1, 0.15) is 0 Å². The van der Waals surface area contributed by atoms with Gasteiger partial charge in [0.05, 0.1) is 19.1 Å². The van der Waals surface area contributed by atoms with Crippen molar-refractivity contribution in [2.24, 2.45) is 11.7 Å². The van der Waals surface area contributed by atoms with E-state index in [2.05, 4.69) is 5.32 Å². The molecule has 2 rings (SSSR count). The number of aryl methyl sites for hydroxylation is 1. The number of benzene rings is 1. The summed E-state index contributed by atoms with van der Waals surface area (Å²) in [4.78, 5) is 24.4. The summed E-state index contributed by atoms with van der Waals surface area (Å²) in [5.41, 5.74) is 8.06. The minimum atomic E-state index is -0.365. The van der Waals surface area contributed by atoms with Crippen LogP contribution in [0.2, 0.25) is 0 Å². The van der Waals surface area contributed by atoms with E-state index < -0.39 is 0 Å². The number of carbonyl (C=O) groups excluding carboxylic acids is 2. The smallest absolute Gasteiger partial charge is 0.308 e. The second-order valence-electron chi connectivity index (χ2n) is 6.54. The summed E-state index contributed by atoms with van der Waals surface area (Å²) < 4.78 is 5.06. The van der Waals surface area contributed by atoms with E-state index in [9.17, 15) is 9.59 Å². The highest BCUT2D eigenvalue weighted by molar-refractivity contribution is 5.85. The van der Waals surface area contributed by atoms with E-state index in [1.165, 1.54) is 0 Å². The summed E-state index contributed by atoms with van der Waals surface area (Å²) in [5, 5.41) is 3.02. The first-order valence-corrected chi connectivity index (χ1v) is 8.77. The molecule has 1 aliphatic carbocycles. The van der Waals surface area contributed by atoms with Crippen LogP contribution >= 0.6 is 12.4 Å². The van der Waals surface area contributed by atoms with E-state index in [1.807, 2.05) is 31.2 Å².